The molecule has 0 radical (unpaired) electrons. The highest BCUT2D eigenvalue weighted by Crippen LogP contribution is 2.28. The van der Waals surface area contributed by atoms with Gasteiger partial charge in [-0.3, -0.25) is 19.7 Å². The summed E-state index contributed by atoms with van der Waals surface area (Å²) in [6.45, 7) is 5.98. The van der Waals surface area contributed by atoms with Crippen LogP contribution in [0.5, 0.6) is 11.5 Å². The smallest absolute Gasteiger partial charge is 0.324 e. The highest BCUT2D eigenvalue weighted by Gasteiger charge is 2.16. The zero-order valence-corrected chi connectivity index (χ0v) is 18.7. The van der Waals surface area contributed by atoms with E-state index in [0.29, 0.717) is 23.0 Å². The molecule has 0 saturated heterocycles. The quantitative estimate of drug-likeness (QED) is 0.446. The van der Waals surface area contributed by atoms with Crippen molar-refractivity contribution >= 4 is 17.5 Å². The topological polar surface area (TPSA) is 98.9 Å². The van der Waals surface area contributed by atoms with Crippen LogP contribution in [-0.4, -0.2) is 30.6 Å². The molecule has 1 aromatic carbocycles. The largest absolute Gasteiger partial charge is 0.457 e. The number of ether oxygens (including phenoxy) is 1. The molecular formula is C23H24FN7O2. The predicted octanol–water partition coefficient (Wildman–Crippen LogP) is 5.01. The Balaban J connectivity index is 1.46. The molecular weight excluding hydrogens is 425 g/mol. The summed E-state index contributed by atoms with van der Waals surface area (Å²) in [7, 11) is 1.82. The number of aromatic nitrogens is 5. The lowest BCUT2D eigenvalue weighted by Crippen LogP contribution is -2.24. The lowest BCUT2D eigenvalue weighted by Gasteiger charge is -2.18. The Morgan fingerprint density at radius 3 is 2.58 bits per heavy atom. The van der Waals surface area contributed by atoms with E-state index in [1.54, 1.807) is 46.2 Å². The number of carbonyl (C=O) groups is 1. The SMILES string of the molecule is Cn1cc(-c2cc(Oc3ccc(F)c(NC(=O)Nc4ccn(C(C)(C)C)n4)c3)ccn2)cn1. The van der Waals surface area contributed by atoms with Crippen LogP contribution in [0, 0.1) is 5.82 Å². The highest BCUT2D eigenvalue weighted by molar-refractivity contribution is 5.99. The molecule has 3 aromatic heterocycles. The molecule has 0 aliphatic rings. The molecule has 0 aliphatic heterocycles. The second-order valence-corrected chi connectivity index (χ2v) is 8.42. The summed E-state index contributed by atoms with van der Waals surface area (Å²) in [4.78, 5) is 16.7. The predicted molar refractivity (Wildman–Crippen MR) is 123 cm³/mol. The molecule has 0 spiro atoms. The van der Waals surface area contributed by atoms with E-state index in [4.69, 9.17) is 4.74 Å². The number of halogens is 1. The van der Waals surface area contributed by atoms with E-state index in [1.807, 2.05) is 34.0 Å². The van der Waals surface area contributed by atoms with Crippen LogP contribution in [0.3, 0.4) is 0 Å². The number of nitrogens with one attached hydrogen (secondary N) is 2. The van der Waals surface area contributed by atoms with Crippen molar-refractivity contribution in [1.29, 1.82) is 0 Å². The van der Waals surface area contributed by atoms with E-state index in [2.05, 4.69) is 25.8 Å². The van der Waals surface area contributed by atoms with Crippen molar-refractivity contribution in [3.63, 3.8) is 0 Å². The van der Waals surface area contributed by atoms with E-state index in [-0.39, 0.29) is 11.2 Å². The Kier molecular flexibility index (Phi) is 5.82. The molecule has 10 heteroatoms. The summed E-state index contributed by atoms with van der Waals surface area (Å²) >= 11 is 0. The van der Waals surface area contributed by atoms with Gasteiger partial charge < -0.3 is 10.1 Å². The number of anilines is 2. The molecule has 33 heavy (non-hydrogen) atoms. The Bertz CT molecular complexity index is 1290. The third-order valence-corrected chi connectivity index (χ3v) is 4.67. The third kappa shape index (κ3) is 5.35. The van der Waals surface area contributed by atoms with Crippen molar-refractivity contribution in [2.75, 3.05) is 10.6 Å². The van der Waals surface area contributed by atoms with Crippen LogP contribution in [0.4, 0.5) is 20.7 Å². The van der Waals surface area contributed by atoms with Crippen LogP contribution in [-0.2, 0) is 12.6 Å². The van der Waals surface area contributed by atoms with Gasteiger partial charge in [0.2, 0.25) is 0 Å². The average molecular weight is 449 g/mol. The molecule has 2 N–H and O–H groups in total. The molecule has 4 rings (SSSR count). The summed E-state index contributed by atoms with van der Waals surface area (Å²) < 4.78 is 23.6. The first kappa shape index (κ1) is 22.0. The molecule has 3 heterocycles. The van der Waals surface area contributed by atoms with E-state index in [1.165, 1.54) is 18.2 Å². The number of pyridine rings is 1. The Morgan fingerprint density at radius 2 is 1.88 bits per heavy atom. The first-order chi connectivity index (χ1) is 15.7. The maximum Gasteiger partial charge on any atom is 0.324 e. The van der Waals surface area contributed by atoms with E-state index < -0.39 is 11.8 Å². The molecule has 0 saturated carbocycles. The molecule has 0 aliphatic carbocycles. The number of urea groups is 1. The van der Waals surface area contributed by atoms with Crippen LogP contribution in [0.1, 0.15) is 20.8 Å². The zero-order valence-electron chi connectivity index (χ0n) is 18.7. The van der Waals surface area contributed by atoms with Gasteiger partial charge in [-0.2, -0.15) is 10.2 Å². The first-order valence-electron chi connectivity index (χ1n) is 10.2. The molecule has 0 unspecified atom stereocenters. The highest BCUT2D eigenvalue weighted by atomic mass is 19.1. The average Bonchev–Trinajstić information content (AvgIpc) is 3.40. The van der Waals surface area contributed by atoms with E-state index >= 15 is 0 Å². The molecule has 9 nitrogen and oxygen atoms in total. The maximum atomic E-state index is 14.3. The third-order valence-electron chi connectivity index (χ3n) is 4.67. The van der Waals surface area contributed by atoms with Crippen LogP contribution in [0.15, 0.2) is 61.2 Å². The summed E-state index contributed by atoms with van der Waals surface area (Å²) in [5, 5.41) is 13.5. The summed E-state index contributed by atoms with van der Waals surface area (Å²) in [6, 6.07) is 8.61. The van der Waals surface area contributed by atoms with Gasteiger partial charge in [0.25, 0.3) is 0 Å². The number of amides is 2. The molecule has 2 amide bonds. The number of carbonyl (C=O) groups excluding carboxylic acids is 1. The Labute approximate surface area is 190 Å². The maximum absolute atomic E-state index is 14.3. The summed E-state index contributed by atoms with van der Waals surface area (Å²) in [5.41, 5.74) is 1.28. The Hall–Kier alpha value is -4.21. The normalized spacial score (nSPS) is 11.3. The van der Waals surface area contributed by atoms with Gasteiger partial charge in [-0.15, -0.1) is 0 Å². The van der Waals surface area contributed by atoms with E-state index in [0.717, 1.165) is 5.56 Å². The number of benzene rings is 1. The van der Waals surface area contributed by atoms with Gasteiger partial charge in [0.15, 0.2) is 5.82 Å². The number of hydrogen-bond acceptors (Lipinski definition) is 5. The van der Waals surface area contributed by atoms with Crippen LogP contribution >= 0.6 is 0 Å². The second-order valence-electron chi connectivity index (χ2n) is 8.42. The van der Waals surface area contributed by atoms with Crippen LogP contribution < -0.4 is 15.4 Å². The Morgan fingerprint density at radius 1 is 1.09 bits per heavy atom. The van der Waals surface area contributed by atoms with Crippen LogP contribution in [0.2, 0.25) is 0 Å². The van der Waals surface area contributed by atoms with Gasteiger partial charge in [-0.1, -0.05) is 0 Å². The van der Waals surface area contributed by atoms with Crippen LogP contribution in [0.25, 0.3) is 11.3 Å². The van der Waals surface area contributed by atoms with Gasteiger partial charge in [0, 0.05) is 49.4 Å². The van der Waals surface area contributed by atoms with Crippen molar-refractivity contribution in [2.45, 2.75) is 26.3 Å². The fourth-order valence-electron chi connectivity index (χ4n) is 3.02. The van der Waals surface area contributed by atoms with Gasteiger partial charge in [-0.05, 0) is 39.0 Å². The molecule has 170 valence electrons. The monoisotopic (exact) mass is 449 g/mol. The minimum Gasteiger partial charge on any atom is -0.457 e. The molecule has 0 atom stereocenters. The minimum absolute atomic E-state index is 0.0261. The van der Waals surface area contributed by atoms with Crippen molar-refractivity contribution in [1.82, 2.24) is 24.5 Å². The van der Waals surface area contributed by atoms with E-state index in [9.17, 15) is 9.18 Å². The zero-order chi connectivity index (χ0) is 23.6. The van der Waals surface area contributed by atoms with Crippen molar-refractivity contribution in [3.05, 3.63) is 67.0 Å². The van der Waals surface area contributed by atoms with Crippen molar-refractivity contribution in [2.24, 2.45) is 7.05 Å². The van der Waals surface area contributed by atoms with Gasteiger partial charge in [-0.25, -0.2) is 9.18 Å². The van der Waals surface area contributed by atoms with Gasteiger partial charge in [0.05, 0.1) is 23.1 Å². The molecule has 4 aromatic rings. The fraction of sp³-hybridized carbons (Fsp3) is 0.217. The van der Waals surface area contributed by atoms with Gasteiger partial charge in [0.1, 0.15) is 17.3 Å². The lowest BCUT2D eigenvalue weighted by atomic mass is 10.1. The first-order valence-corrected chi connectivity index (χ1v) is 10.2. The number of rotatable bonds is 5. The summed E-state index contributed by atoms with van der Waals surface area (Å²) in [6.07, 6.45) is 6.92. The fourth-order valence-corrected chi connectivity index (χ4v) is 3.02. The molecule has 0 fully saturated rings. The number of aryl methyl sites for hydroxylation is 1. The standard InChI is InChI=1S/C23H24FN7O2/c1-23(2,3)31-10-8-21(29-31)28-22(32)27-20-12-16(5-6-18(20)24)33-17-7-9-25-19(11-17)15-13-26-30(4)14-15/h5-14H,1-4H3,(H2,27,28,29,32). The van der Waals surface area contributed by atoms with Crippen molar-refractivity contribution < 1.29 is 13.9 Å². The minimum atomic E-state index is -0.618. The number of hydrogen-bond donors (Lipinski definition) is 2. The summed E-state index contributed by atoms with van der Waals surface area (Å²) in [5.74, 6) is 0.629. The van der Waals surface area contributed by atoms with Crippen molar-refractivity contribution in [3.8, 4) is 22.8 Å². The lowest BCUT2D eigenvalue weighted by molar-refractivity contribution is 0.262. The molecule has 0 bridgehead atoms. The number of nitrogens with zero attached hydrogens (tertiary/aromatic N) is 5. The second kappa shape index (κ2) is 8.73. The van der Waals surface area contributed by atoms with Gasteiger partial charge >= 0.3 is 6.03 Å².